The maximum atomic E-state index is 9.09. The van der Waals surface area contributed by atoms with E-state index >= 15 is 0 Å². The van der Waals surface area contributed by atoms with Crippen LogP contribution >= 0.6 is 24.0 Å². The maximum absolute atomic E-state index is 9.09. The fourth-order valence-corrected chi connectivity index (χ4v) is 2.20. The lowest BCUT2D eigenvalue weighted by molar-refractivity contribution is 0.253. The summed E-state index contributed by atoms with van der Waals surface area (Å²) in [5.41, 5.74) is 0. The zero-order valence-corrected chi connectivity index (χ0v) is 16.0. The monoisotopic (exact) mass is 423 g/mol. The first-order chi connectivity index (χ1) is 10.3. The second kappa shape index (κ2) is 13.8. The van der Waals surface area contributed by atoms with Gasteiger partial charge in [0.15, 0.2) is 5.96 Å². The minimum absolute atomic E-state index is 0. The second-order valence-electron chi connectivity index (χ2n) is 5.08. The third kappa shape index (κ3) is 9.24. The van der Waals surface area contributed by atoms with E-state index in [4.69, 9.17) is 5.11 Å². The summed E-state index contributed by atoms with van der Waals surface area (Å²) in [6, 6.07) is 1.92. The first-order valence-electron chi connectivity index (χ1n) is 7.90. The summed E-state index contributed by atoms with van der Waals surface area (Å²) in [5, 5.41) is 19.8. The Hall–Kier alpha value is -0.830. The van der Waals surface area contributed by atoms with Gasteiger partial charge in [-0.15, -0.1) is 24.0 Å². The molecule has 0 aromatic carbocycles. The van der Waals surface area contributed by atoms with Crippen molar-refractivity contribution in [3.05, 3.63) is 18.5 Å². The first kappa shape index (κ1) is 21.2. The molecule has 0 radical (unpaired) electrons. The number of rotatable bonds is 10. The molecule has 1 unspecified atom stereocenters. The van der Waals surface area contributed by atoms with Crippen LogP contribution in [0.5, 0.6) is 0 Å². The van der Waals surface area contributed by atoms with E-state index in [1.54, 1.807) is 6.20 Å². The number of halogens is 1. The number of nitrogens with zero attached hydrogens (tertiary/aromatic N) is 3. The Morgan fingerprint density at radius 2 is 2.14 bits per heavy atom. The summed E-state index contributed by atoms with van der Waals surface area (Å²) >= 11 is 0. The van der Waals surface area contributed by atoms with Crippen molar-refractivity contribution in [2.45, 2.75) is 39.7 Å². The summed E-state index contributed by atoms with van der Waals surface area (Å²) in [4.78, 5) is 4.62. The molecule has 0 fully saturated rings. The summed E-state index contributed by atoms with van der Waals surface area (Å²) in [6.45, 7) is 7.66. The lowest BCUT2D eigenvalue weighted by atomic mass is 10.0. The van der Waals surface area contributed by atoms with E-state index in [9.17, 15) is 0 Å². The number of guanidine groups is 1. The SMILES string of the molecule is CCCC(CCO)CN=C(NCC)NCCn1cccn1.I. The molecule has 1 heterocycles. The molecule has 0 amide bonds. The highest BCUT2D eigenvalue weighted by atomic mass is 127. The Morgan fingerprint density at radius 3 is 2.73 bits per heavy atom. The van der Waals surface area contributed by atoms with Crippen molar-refractivity contribution in [3.8, 4) is 0 Å². The molecule has 0 saturated carbocycles. The third-order valence-corrected chi connectivity index (χ3v) is 3.28. The highest BCUT2D eigenvalue weighted by Gasteiger charge is 2.07. The molecule has 3 N–H and O–H groups in total. The molecule has 1 aromatic heterocycles. The molecule has 22 heavy (non-hydrogen) atoms. The van der Waals surface area contributed by atoms with Crippen LogP contribution in [0.3, 0.4) is 0 Å². The predicted octanol–water partition coefficient (Wildman–Crippen LogP) is 1.85. The molecular formula is C15H30IN5O. The van der Waals surface area contributed by atoms with E-state index < -0.39 is 0 Å². The molecule has 1 atom stereocenters. The van der Waals surface area contributed by atoms with Crippen LogP contribution in [0.1, 0.15) is 33.1 Å². The van der Waals surface area contributed by atoms with E-state index in [2.05, 4.69) is 34.6 Å². The van der Waals surface area contributed by atoms with Gasteiger partial charge in [0.1, 0.15) is 0 Å². The molecule has 6 nitrogen and oxygen atoms in total. The van der Waals surface area contributed by atoms with Gasteiger partial charge < -0.3 is 15.7 Å². The zero-order valence-electron chi connectivity index (χ0n) is 13.7. The van der Waals surface area contributed by atoms with Crippen molar-refractivity contribution in [3.63, 3.8) is 0 Å². The van der Waals surface area contributed by atoms with Crippen LogP contribution in [0.4, 0.5) is 0 Å². The Kier molecular flexibility index (Phi) is 13.3. The zero-order chi connectivity index (χ0) is 15.3. The van der Waals surface area contributed by atoms with E-state index in [0.29, 0.717) is 5.92 Å². The fourth-order valence-electron chi connectivity index (χ4n) is 2.20. The Balaban J connectivity index is 0.00000441. The first-order valence-corrected chi connectivity index (χ1v) is 7.90. The van der Waals surface area contributed by atoms with Gasteiger partial charge in [-0.1, -0.05) is 13.3 Å². The highest BCUT2D eigenvalue weighted by Crippen LogP contribution is 2.10. The highest BCUT2D eigenvalue weighted by molar-refractivity contribution is 14.0. The topological polar surface area (TPSA) is 74.5 Å². The van der Waals surface area contributed by atoms with Gasteiger partial charge in [0, 0.05) is 38.6 Å². The van der Waals surface area contributed by atoms with Crippen molar-refractivity contribution in [1.29, 1.82) is 0 Å². The molecule has 0 aliphatic heterocycles. The van der Waals surface area contributed by atoms with Crippen LogP contribution in [-0.2, 0) is 6.54 Å². The molecule has 0 saturated heterocycles. The van der Waals surface area contributed by atoms with Gasteiger partial charge >= 0.3 is 0 Å². The average Bonchev–Trinajstić information content (AvgIpc) is 2.98. The van der Waals surface area contributed by atoms with Gasteiger partial charge in [-0.25, -0.2) is 0 Å². The molecule has 0 aliphatic rings. The molecule has 128 valence electrons. The normalized spacial score (nSPS) is 12.6. The maximum Gasteiger partial charge on any atom is 0.191 e. The number of hydrogen-bond donors (Lipinski definition) is 3. The van der Waals surface area contributed by atoms with Gasteiger partial charge in [0.05, 0.1) is 6.54 Å². The molecule has 0 bridgehead atoms. The predicted molar refractivity (Wildman–Crippen MR) is 102 cm³/mol. The van der Waals surface area contributed by atoms with E-state index in [-0.39, 0.29) is 30.6 Å². The third-order valence-electron chi connectivity index (χ3n) is 3.28. The fraction of sp³-hybridized carbons (Fsp3) is 0.733. The quantitative estimate of drug-likeness (QED) is 0.305. The van der Waals surface area contributed by atoms with Crippen LogP contribution < -0.4 is 10.6 Å². The number of aliphatic hydroxyl groups excluding tert-OH is 1. The molecule has 1 aromatic rings. The van der Waals surface area contributed by atoms with Gasteiger partial charge in [0.25, 0.3) is 0 Å². The molecular weight excluding hydrogens is 393 g/mol. The van der Waals surface area contributed by atoms with Gasteiger partial charge in [-0.3, -0.25) is 9.67 Å². The van der Waals surface area contributed by atoms with E-state index in [1.165, 1.54) is 0 Å². The molecule has 7 heteroatoms. The largest absolute Gasteiger partial charge is 0.396 e. The number of aliphatic imine (C=N–C) groups is 1. The van der Waals surface area contributed by atoms with Crippen molar-refractivity contribution >= 4 is 29.9 Å². The van der Waals surface area contributed by atoms with Crippen LogP contribution in [-0.4, -0.2) is 47.1 Å². The molecule has 1 rings (SSSR count). The summed E-state index contributed by atoms with van der Waals surface area (Å²) in [6.07, 6.45) is 6.79. The summed E-state index contributed by atoms with van der Waals surface area (Å²) < 4.78 is 1.89. The second-order valence-corrected chi connectivity index (χ2v) is 5.08. The Labute approximate surface area is 150 Å². The average molecular weight is 423 g/mol. The Morgan fingerprint density at radius 1 is 1.32 bits per heavy atom. The minimum atomic E-state index is 0. The Bertz CT molecular complexity index is 377. The lowest BCUT2D eigenvalue weighted by Crippen LogP contribution is -2.39. The van der Waals surface area contributed by atoms with Gasteiger partial charge in [-0.05, 0) is 31.7 Å². The number of nitrogens with one attached hydrogen (secondary N) is 2. The number of hydrogen-bond acceptors (Lipinski definition) is 3. The number of aliphatic hydroxyl groups is 1. The molecule has 0 spiro atoms. The van der Waals surface area contributed by atoms with Crippen LogP contribution in [0.15, 0.2) is 23.5 Å². The van der Waals surface area contributed by atoms with Crippen molar-refractivity contribution in [1.82, 2.24) is 20.4 Å². The van der Waals surface area contributed by atoms with Crippen LogP contribution in [0.25, 0.3) is 0 Å². The summed E-state index contributed by atoms with van der Waals surface area (Å²) in [5.74, 6) is 1.30. The van der Waals surface area contributed by atoms with Crippen molar-refractivity contribution < 1.29 is 5.11 Å². The smallest absolute Gasteiger partial charge is 0.191 e. The van der Waals surface area contributed by atoms with Gasteiger partial charge in [-0.2, -0.15) is 5.10 Å². The molecule has 0 aliphatic carbocycles. The van der Waals surface area contributed by atoms with Crippen LogP contribution in [0, 0.1) is 5.92 Å². The minimum Gasteiger partial charge on any atom is -0.396 e. The van der Waals surface area contributed by atoms with E-state index in [1.807, 2.05) is 16.9 Å². The standard InChI is InChI=1S/C15H29N5O.HI/c1-3-6-14(7-12-21)13-18-15(16-4-2)17-9-11-20-10-5-8-19-20;/h5,8,10,14,21H,3-4,6-7,9,11-13H2,1-2H3,(H2,16,17,18);1H. The van der Waals surface area contributed by atoms with Crippen molar-refractivity contribution in [2.24, 2.45) is 10.9 Å². The van der Waals surface area contributed by atoms with E-state index in [0.717, 1.165) is 51.4 Å². The van der Waals surface area contributed by atoms with Gasteiger partial charge in [0.2, 0.25) is 0 Å². The van der Waals surface area contributed by atoms with Crippen molar-refractivity contribution in [2.75, 3.05) is 26.2 Å². The number of aromatic nitrogens is 2. The lowest BCUT2D eigenvalue weighted by Gasteiger charge is -2.15. The van der Waals surface area contributed by atoms with Crippen LogP contribution in [0.2, 0.25) is 0 Å². The summed E-state index contributed by atoms with van der Waals surface area (Å²) in [7, 11) is 0.